The van der Waals surface area contributed by atoms with Gasteiger partial charge in [-0.25, -0.2) is 17.2 Å². The van der Waals surface area contributed by atoms with Gasteiger partial charge < -0.3 is 10.1 Å². The van der Waals surface area contributed by atoms with Crippen LogP contribution in [0.25, 0.3) is 0 Å². The molecule has 0 atom stereocenters. The number of rotatable bonds is 10. The molecule has 0 saturated heterocycles. The Morgan fingerprint density at radius 2 is 1.70 bits per heavy atom. The van der Waals surface area contributed by atoms with Crippen molar-refractivity contribution in [3.63, 3.8) is 0 Å². The minimum Gasteiger partial charge on any atom is -0.494 e. The van der Waals surface area contributed by atoms with Crippen molar-refractivity contribution in [3.05, 3.63) is 89.5 Å². The van der Waals surface area contributed by atoms with Gasteiger partial charge in [-0.1, -0.05) is 18.2 Å². The first kappa shape index (κ1) is 24.2. The monoisotopic (exact) mass is 474 g/mol. The zero-order chi connectivity index (χ0) is 23.8. The van der Waals surface area contributed by atoms with Crippen molar-refractivity contribution < 1.29 is 26.7 Å². The number of benzene rings is 3. The normalized spacial score (nSPS) is 11.1. The molecular formula is C24H24F2N2O4S. The summed E-state index contributed by atoms with van der Waals surface area (Å²) in [6.07, 6.45) is 1.30. The van der Waals surface area contributed by atoms with Crippen LogP contribution < -0.4 is 14.8 Å². The number of unbranched alkanes of at least 4 members (excludes halogenated alkanes) is 1. The maximum absolute atomic E-state index is 13.8. The van der Waals surface area contributed by atoms with E-state index < -0.39 is 21.7 Å². The minimum absolute atomic E-state index is 0.144. The average Bonchev–Trinajstić information content (AvgIpc) is 2.79. The molecule has 0 aromatic heterocycles. The fourth-order valence-electron chi connectivity index (χ4n) is 3.01. The number of carbonyl (C=O) groups excluding carboxylic acids is 1. The summed E-state index contributed by atoms with van der Waals surface area (Å²) in [6, 6.07) is 15.3. The van der Waals surface area contributed by atoms with E-state index in [1.54, 1.807) is 19.1 Å². The fourth-order valence-corrected chi connectivity index (χ4v) is 4.10. The van der Waals surface area contributed by atoms with E-state index >= 15 is 0 Å². The Morgan fingerprint density at radius 1 is 0.970 bits per heavy atom. The van der Waals surface area contributed by atoms with Gasteiger partial charge in [-0.15, -0.1) is 0 Å². The molecule has 0 fully saturated rings. The van der Waals surface area contributed by atoms with Crippen LogP contribution in [0.15, 0.2) is 71.6 Å². The van der Waals surface area contributed by atoms with Gasteiger partial charge >= 0.3 is 0 Å². The summed E-state index contributed by atoms with van der Waals surface area (Å²) < 4.78 is 59.7. The molecule has 3 aromatic rings. The van der Waals surface area contributed by atoms with E-state index in [4.69, 9.17) is 4.74 Å². The first-order valence-corrected chi connectivity index (χ1v) is 11.8. The number of halogens is 2. The third-order valence-corrected chi connectivity index (χ3v) is 6.18. The maximum atomic E-state index is 13.8. The Morgan fingerprint density at radius 3 is 2.42 bits per heavy atom. The SMILES string of the molecule is Cc1ccc(S(=O)(=O)Nc2ccccc2F)cc1C(=O)NCCCCOc1ccc(F)cc1. The molecule has 0 spiro atoms. The van der Waals surface area contributed by atoms with Crippen LogP contribution in [0.2, 0.25) is 0 Å². The molecule has 0 aliphatic carbocycles. The Balaban J connectivity index is 1.54. The molecule has 0 aliphatic rings. The van der Waals surface area contributed by atoms with Crippen molar-refractivity contribution in [3.8, 4) is 5.75 Å². The highest BCUT2D eigenvalue weighted by atomic mass is 32.2. The molecule has 33 heavy (non-hydrogen) atoms. The summed E-state index contributed by atoms with van der Waals surface area (Å²) in [5.74, 6) is -0.872. The van der Waals surface area contributed by atoms with Gasteiger partial charge in [0.05, 0.1) is 17.2 Å². The van der Waals surface area contributed by atoms with Crippen molar-refractivity contribution in [2.24, 2.45) is 0 Å². The lowest BCUT2D eigenvalue weighted by Gasteiger charge is -2.12. The van der Waals surface area contributed by atoms with E-state index in [-0.39, 0.29) is 22.0 Å². The van der Waals surface area contributed by atoms with Crippen LogP contribution >= 0.6 is 0 Å². The van der Waals surface area contributed by atoms with Crippen molar-refractivity contribution in [1.82, 2.24) is 5.32 Å². The molecule has 1 amide bonds. The van der Waals surface area contributed by atoms with Gasteiger partial charge in [0, 0.05) is 12.1 Å². The Hall–Kier alpha value is -3.46. The first-order chi connectivity index (χ1) is 15.8. The smallest absolute Gasteiger partial charge is 0.262 e. The number of amides is 1. The lowest BCUT2D eigenvalue weighted by molar-refractivity contribution is 0.0951. The molecule has 0 heterocycles. The number of para-hydroxylation sites is 1. The number of hydrogen-bond acceptors (Lipinski definition) is 4. The molecule has 9 heteroatoms. The highest BCUT2D eigenvalue weighted by Crippen LogP contribution is 2.21. The molecule has 0 saturated carbocycles. The molecule has 3 rings (SSSR count). The van der Waals surface area contributed by atoms with Crippen LogP contribution in [0.3, 0.4) is 0 Å². The van der Waals surface area contributed by atoms with Crippen LogP contribution in [0, 0.1) is 18.6 Å². The molecule has 3 aromatic carbocycles. The van der Waals surface area contributed by atoms with Gasteiger partial charge in [-0.2, -0.15) is 0 Å². The van der Waals surface area contributed by atoms with Crippen LogP contribution in [0.5, 0.6) is 5.75 Å². The van der Waals surface area contributed by atoms with E-state index in [0.717, 1.165) is 6.07 Å². The number of nitrogens with one attached hydrogen (secondary N) is 2. The lowest BCUT2D eigenvalue weighted by Crippen LogP contribution is -2.26. The van der Waals surface area contributed by atoms with Crippen LogP contribution in [-0.4, -0.2) is 27.5 Å². The second kappa shape index (κ2) is 10.9. The van der Waals surface area contributed by atoms with Crippen molar-refractivity contribution in [2.45, 2.75) is 24.7 Å². The molecule has 0 bridgehead atoms. The first-order valence-electron chi connectivity index (χ1n) is 10.3. The van der Waals surface area contributed by atoms with E-state index in [0.29, 0.717) is 37.3 Å². The van der Waals surface area contributed by atoms with Crippen molar-refractivity contribution >= 4 is 21.6 Å². The molecule has 0 unspecified atom stereocenters. The predicted molar refractivity (Wildman–Crippen MR) is 122 cm³/mol. The predicted octanol–water partition coefficient (Wildman–Crippen LogP) is 4.66. The second-order valence-corrected chi connectivity index (χ2v) is 9.01. The zero-order valence-electron chi connectivity index (χ0n) is 18.0. The largest absolute Gasteiger partial charge is 0.494 e. The summed E-state index contributed by atoms with van der Waals surface area (Å²) in [7, 11) is -4.08. The van der Waals surface area contributed by atoms with Crippen molar-refractivity contribution in [1.29, 1.82) is 0 Å². The summed E-state index contributed by atoms with van der Waals surface area (Å²) in [4.78, 5) is 12.4. The quantitative estimate of drug-likeness (QED) is 0.419. The van der Waals surface area contributed by atoms with Gasteiger partial charge in [-0.05, 0) is 73.9 Å². The Kier molecular flexibility index (Phi) is 8.00. The van der Waals surface area contributed by atoms with E-state index in [2.05, 4.69) is 10.0 Å². The van der Waals surface area contributed by atoms with E-state index in [1.165, 1.54) is 48.5 Å². The maximum Gasteiger partial charge on any atom is 0.262 e. The molecule has 174 valence electrons. The zero-order valence-corrected chi connectivity index (χ0v) is 18.8. The van der Waals surface area contributed by atoms with E-state index in [1.807, 2.05) is 0 Å². The Labute approximate surface area is 191 Å². The summed E-state index contributed by atoms with van der Waals surface area (Å²) in [6.45, 7) is 2.48. The van der Waals surface area contributed by atoms with Crippen LogP contribution in [0.1, 0.15) is 28.8 Å². The van der Waals surface area contributed by atoms with E-state index in [9.17, 15) is 22.0 Å². The number of hydrogen-bond donors (Lipinski definition) is 2. The van der Waals surface area contributed by atoms with Gasteiger partial charge in [-0.3, -0.25) is 9.52 Å². The molecule has 0 radical (unpaired) electrons. The van der Waals surface area contributed by atoms with Crippen LogP contribution in [0.4, 0.5) is 14.5 Å². The number of sulfonamides is 1. The topological polar surface area (TPSA) is 84.5 Å². The fraction of sp³-hybridized carbons (Fsp3) is 0.208. The number of carbonyl (C=O) groups is 1. The van der Waals surface area contributed by atoms with Crippen molar-refractivity contribution in [2.75, 3.05) is 17.9 Å². The minimum atomic E-state index is -4.08. The van der Waals surface area contributed by atoms with Crippen LogP contribution in [-0.2, 0) is 10.0 Å². The third-order valence-electron chi connectivity index (χ3n) is 4.82. The summed E-state index contributed by atoms with van der Waals surface area (Å²) in [5.41, 5.74) is 0.651. The highest BCUT2D eigenvalue weighted by Gasteiger charge is 2.19. The molecule has 0 aliphatic heterocycles. The summed E-state index contributed by atoms with van der Waals surface area (Å²) >= 11 is 0. The Bertz CT molecular complexity index is 1220. The standard InChI is InChI=1S/C24H24F2N2O4S/c1-17-8-13-20(33(30,31)28-23-7-3-2-6-22(23)26)16-21(17)24(29)27-14-4-5-15-32-19-11-9-18(25)10-12-19/h2-3,6-13,16,28H,4-5,14-15H2,1H3,(H,27,29). The second-order valence-electron chi connectivity index (χ2n) is 7.33. The van der Waals surface area contributed by atoms with Gasteiger partial charge in [0.2, 0.25) is 0 Å². The van der Waals surface area contributed by atoms with Gasteiger partial charge in [0.25, 0.3) is 15.9 Å². The third kappa shape index (κ3) is 6.76. The van der Waals surface area contributed by atoms with Gasteiger partial charge in [0.15, 0.2) is 0 Å². The number of aryl methyl sites for hydroxylation is 1. The highest BCUT2D eigenvalue weighted by molar-refractivity contribution is 7.92. The average molecular weight is 475 g/mol. The molecule has 2 N–H and O–H groups in total. The molecular weight excluding hydrogens is 450 g/mol. The molecule has 6 nitrogen and oxygen atoms in total. The number of ether oxygens (including phenoxy) is 1. The lowest BCUT2D eigenvalue weighted by atomic mass is 10.1. The van der Waals surface area contributed by atoms with Gasteiger partial charge in [0.1, 0.15) is 17.4 Å². The summed E-state index contributed by atoms with van der Waals surface area (Å²) in [5, 5.41) is 2.76. The number of anilines is 1.